The maximum Gasteiger partial charge on any atom is 0.237 e. The van der Waals surface area contributed by atoms with Crippen molar-refractivity contribution in [3.63, 3.8) is 0 Å². The first-order valence-electron chi connectivity index (χ1n) is 4.91. The third-order valence-corrected chi connectivity index (χ3v) is 2.89. The van der Waals surface area contributed by atoms with Gasteiger partial charge in [0.15, 0.2) is 0 Å². The summed E-state index contributed by atoms with van der Waals surface area (Å²) in [6, 6.07) is 6.12. The Labute approximate surface area is 95.8 Å². The van der Waals surface area contributed by atoms with E-state index in [1.54, 1.807) is 11.9 Å². The number of carbonyl (C=O) groups is 1. The normalized spacial score (nSPS) is 10.1. The van der Waals surface area contributed by atoms with Crippen molar-refractivity contribution < 1.29 is 4.79 Å². The van der Waals surface area contributed by atoms with Gasteiger partial charge in [-0.15, -0.1) is 11.6 Å². The number of halogens is 1. The van der Waals surface area contributed by atoms with Crippen LogP contribution in [0.5, 0.6) is 0 Å². The molecule has 15 heavy (non-hydrogen) atoms. The first kappa shape index (κ1) is 12.1. The Morgan fingerprint density at radius 3 is 2.67 bits per heavy atom. The van der Waals surface area contributed by atoms with Crippen LogP contribution in [0.15, 0.2) is 18.2 Å². The smallest absolute Gasteiger partial charge is 0.237 e. The number of hydrogen-bond donors (Lipinski definition) is 0. The van der Waals surface area contributed by atoms with Crippen molar-refractivity contribution >= 4 is 17.5 Å². The van der Waals surface area contributed by atoms with Crippen molar-refractivity contribution in [2.75, 3.05) is 12.9 Å². The molecule has 0 aromatic heterocycles. The maximum atomic E-state index is 11.3. The van der Waals surface area contributed by atoms with Gasteiger partial charge in [-0.05, 0) is 30.5 Å². The van der Waals surface area contributed by atoms with Crippen LogP contribution in [-0.4, -0.2) is 23.7 Å². The predicted molar refractivity (Wildman–Crippen MR) is 63.1 cm³/mol. The summed E-state index contributed by atoms with van der Waals surface area (Å²) in [5, 5.41) is 0. The molecule has 0 bridgehead atoms. The second kappa shape index (κ2) is 5.17. The van der Waals surface area contributed by atoms with Crippen molar-refractivity contribution in [1.29, 1.82) is 0 Å². The molecular weight excluding hydrogens is 210 g/mol. The summed E-state index contributed by atoms with van der Waals surface area (Å²) in [5.74, 6) is -0.000895. The molecule has 0 aliphatic rings. The maximum absolute atomic E-state index is 11.3. The van der Waals surface area contributed by atoms with Crippen LogP contribution in [0.2, 0.25) is 0 Å². The van der Waals surface area contributed by atoms with E-state index in [4.69, 9.17) is 11.6 Å². The summed E-state index contributed by atoms with van der Waals surface area (Å²) in [7, 11) is 1.77. The lowest BCUT2D eigenvalue weighted by Crippen LogP contribution is -2.27. The molecule has 0 aliphatic carbocycles. The van der Waals surface area contributed by atoms with E-state index < -0.39 is 0 Å². The largest absolute Gasteiger partial charge is 0.340 e. The average molecular weight is 226 g/mol. The first-order valence-corrected chi connectivity index (χ1v) is 5.44. The molecule has 0 atom stereocenters. The molecular formula is C12H16ClNO. The number of amides is 1. The van der Waals surface area contributed by atoms with Gasteiger partial charge in [-0.3, -0.25) is 4.79 Å². The highest BCUT2D eigenvalue weighted by atomic mass is 35.5. The number of alkyl halides is 1. The summed E-state index contributed by atoms with van der Waals surface area (Å²) >= 11 is 5.49. The number of benzene rings is 1. The van der Waals surface area contributed by atoms with Crippen LogP contribution in [-0.2, 0) is 11.3 Å². The molecule has 0 saturated heterocycles. The number of nitrogens with zero attached hydrogens (tertiary/aromatic N) is 1. The van der Waals surface area contributed by atoms with Crippen LogP contribution in [0.25, 0.3) is 0 Å². The van der Waals surface area contributed by atoms with Crippen molar-refractivity contribution in [3.05, 3.63) is 34.9 Å². The molecule has 0 N–H and O–H groups in total. The Hall–Kier alpha value is -1.02. The number of rotatable bonds is 3. The van der Waals surface area contributed by atoms with Crippen molar-refractivity contribution in [1.82, 2.24) is 4.90 Å². The van der Waals surface area contributed by atoms with Gasteiger partial charge >= 0.3 is 0 Å². The summed E-state index contributed by atoms with van der Waals surface area (Å²) in [4.78, 5) is 13.0. The summed E-state index contributed by atoms with van der Waals surface area (Å²) in [6.07, 6.45) is 0. The molecule has 0 aliphatic heterocycles. The van der Waals surface area contributed by atoms with Gasteiger partial charge in [-0.1, -0.05) is 18.2 Å². The van der Waals surface area contributed by atoms with E-state index in [1.165, 1.54) is 16.7 Å². The minimum absolute atomic E-state index is 0.0430. The summed E-state index contributed by atoms with van der Waals surface area (Å²) < 4.78 is 0. The van der Waals surface area contributed by atoms with E-state index in [2.05, 4.69) is 19.9 Å². The quantitative estimate of drug-likeness (QED) is 0.724. The van der Waals surface area contributed by atoms with Crippen molar-refractivity contribution in [2.45, 2.75) is 20.4 Å². The molecule has 2 nitrogen and oxygen atoms in total. The lowest BCUT2D eigenvalue weighted by molar-refractivity contribution is -0.127. The fraction of sp³-hybridized carbons (Fsp3) is 0.417. The SMILES string of the molecule is Cc1cccc(CN(C)C(=O)CCl)c1C. The Morgan fingerprint density at radius 2 is 2.07 bits per heavy atom. The summed E-state index contributed by atoms with van der Waals surface area (Å²) in [6.45, 7) is 4.77. The molecule has 3 heteroatoms. The van der Waals surface area contributed by atoms with Crippen molar-refractivity contribution in [3.8, 4) is 0 Å². The van der Waals surface area contributed by atoms with Crippen LogP contribution in [0, 0.1) is 13.8 Å². The Balaban J connectivity index is 2.81. The zero-order valence-corrected chi connectivity index (χ0v) is 10.1. The van der Waals surface area contributed by atoms with E-state index in [9.17, 15) is 4.79 Å². The second-order valence-corrected chi connectivity index (χ2v) is 4.01. The second-order valence-electron chi connectivity index (χ2n) is 3.74. The highest BCUT2D eigenvalue weighted by Crippen LogP contribution is 2.14. The van der Waals surface area contributed by atoms with E-state index in [-0.39, 0.29) is 11.8 Å². The molecule has 0 heterocycles. The van der Waals surface area contributed by atoms with E-state index >= 15 is 0 Å². The van der Waals surface area contributed by atoms with E-state index in [0.29, 0.717) is 6.54 Å². The third kappa shape index (κ3) is 2.96. The number of aryl methyl sites for hydroxylation is 1. The van der Waals surface area contributed by atoms with Gasteiger partial charge in [0, 0.05) is 13.6 Å². The topological polar surface area (TPSA) is 20.3 Å². The Morgan fingerprint density at radius 1 is 1.40 bits per heavy atom. The minimum Gasteiger partial charge on any atom is -0.340 e. The molecule has 1 aromatic carbocycles. The average Bonchev–Trinajstić information content (AvgIpc) is 2.23. The zero-order chi connectivity index (χ0) is 11.4. The van der Waals surface area contributed by atoms with Gasteiger partial charge in [-0.25, -0.2) is 0 Å². The minimum atomic E-state index is -0.0439. The zero-order valence-electron chi connectivity index (χ0n) is 9.38. The lowest BCUT2D eigenvalue weighted by Gasteiger charge is -2.18. The molecule has 1 aromatic rings. The monoisotopic (exact) mass is 225 g/mol. The highest BCUT2D eigenvalue weighted by molar-refractivity contribution is 6.27. The van der Waals surface area contributed by atoms with E-state index in [0.717, 1.165) is 0 Å². The Kier molecular flexibility index (Phi) is 4.15. The van der Waals surface area contributed by atoms with Crippen LogP contribution in [0.1, 0.15) is 16.7 Å². The van der Waals surface area contributed by atoms with E-state index in [1.807, 2.05) is 12.1 Å². The molecule has 1 rings (SSSR count). The van der Waals surface area contributed by atoms with Gasteiger partial charge < -0.3 is 4.90 Å². The highest BCUT2D eigenvalue weighted by Gasteiger charge is 2.09. The molecule has 82 valence electrons. The van der Waals surface area contributed by atoms with Gasteiger partial charge in [0.1, 0.15) is 5.88 Å². The number of carbonyl (C=O) groups excluding carboxylic acids is 1. The van der Waals surface area contributed by atoms with Gasteiger partial charge in [0.25, 0.3) is 0 Å². The third-order valence-electron chi connectivity index (χ3n) is 2.66. The standard InChI is InChI=1S/C12H16ClNO/c1-9-5-4-6-11(10(9)2)8-14(3)12(15)7-13/h4-6H,7-8H2,1-3H3. The van der Waals surface area contributed by atoms with Crippen LogP contribution >= 0.6 is 11.6 Å². The lowest BCUT2D eigenvalue weighted by atomic mass is 10.0. The van der Waals surface area contributed by atoms with Crippen molar-refractivity contribution in [2.24, 2.45) is 0 Å². The van der Waals surface area contributed by atoms with Crippen LogP contribution in [0.4, 0.5) is 0 Å². The molecule has 1 amide bonds. The van der Waals surface area contributed by atoms with Gasteiger partial charge in [-0.2, -0.15) is 0 Å². The van der Waals surface area contributed by atoms with Crippen LogP contribution in [0.3, 0.4) is 0 Å². The fourth-order valence-corrected chi connectivity index (χ4v) is 1.63. The molecule has 0 radical (unpaired) electrons. The molecule has 0 saturated carbocycles. The number of hydrogen-bond acceptors (Lipinski definition) is 1. The predicted octanol–water partition coefficient (Wildman–Crippen LogP) is 2.50. The first-order chi connectivity index (χ1) is 7.06. The van der Waals surface area contributed by atoms with Gasteiger partial charge in [0.05, 0.1) is 0 Å². The summed E-state index contributed by atoms with van der Waals surface area (Å²) in [5.41, 5.74) is 3.67. The molecule has 0 unspecified atom stereocenters. The molecule has 0 spiro atoms. The van der Waals surface area contributed by atoms with Crippen LogP contribution < -0.4 is 0 Å². The molecule has 0 fully saturated rings. The fourth-order valence-electron chi connectivity index (χ4n) is 1.43. The van der Waals surface area contributed by atoms with Gasteiger partial charge in [0.2, 0.25) is 5.91 Å². The Bertz CT molecular complexity index is 363.